The van der Waals surface area contributed by atoms with Crippen LogP contribution in [-0.4, -0.2) is 65.1 Å². The molecule has 0 atom stereocenters. The van der Waals surface area contributed by atoms with Gasteiger partial charge in [0.2, 0.25) is 0 Å². The van der Waals surface area contributed by atoms with Crippen molar-refractivity contribution in [3.8, 4) is 5.75 Å². The Bertz CT molecular complexity index is 726. The van der Waals surface area contributed by atoms with Crippen molar-refractivity contribution in [2.24, 2.45) is 4.99 Å². The first kappa shape index (κ1) is 18.3. The Kier molecular flexibility index (Phi) is 6.25. The fourth-order valence-corrected chi connectivity index (χ4v) is 3.10. The highest BCUT2D eigenvalue weighted by molar-refractivity contribution is 7.90. The standard InChI is InChI=1S/C17H25N3O3S/c1-18-17(19-9-12-24(3,21)22)20-10-7-14(8-11-20)15-5-4-6-16(13-15)23-2/h4-7,13H,8-12H2,1-3H3,(H,18,19). The third kappa shape index (κ3) is 5.26. The highest BCUT2D eigenvalue weighted by Gasteiger charge is 2.16. The van der Waals surface area contributed by atoms with Crippen LogP contribution in [0, 0.1) is 0 Å². The van der Waals surface area contributed by atoms with Crippen LogP contribution in [0.1, 0.15) is 12.0 Å². The second-order valence-corrected chi connectivity index (χ2v) is 8.02. The van der Waals surface area contributed by atoms with Crippen molar-refractivity contribution < 1.29 is 13.2 Å². The molecule has 0 fully saturated rings. The van der Waals surface area contributed by atoms with Crippen molar-refractivity contribution in [1.82, 2.24) is 10.2 Å². The lowest BCUT2D eigenvalue weighted by Crippen LogP contribution is -2.44. The molecule has 0 bridgehead atoms. The number of methoxy groups -OCH3 is 1. The van der Waals surface area contributed by atoms with Gasteiger partial charge in [0, 0.05) is 32.9 Å². The molecule has 1 N–H and O–H groups in total. The zero-order valence-corrected chi connectivity index (χ0v) is 15.3. The van der Waals surface area contributed by atoms with Crippen LogP contribution in [-0.2, 0) is 9.84 Å². The number of hydrogen-bond acceptors (Lipinski definition) is 4. The zero-order valence-electron chi connectivity index (χ0n) is 14.4. The zero-order chi connectivity index (χ0) is 17.6. The lowest BCUT2D eigenvalue weighted by Gasteiger charge is -2.29. The number of hydrogen-bond donors (Lipinski definition) is 1. The molecule has 1 aromatic carbocycles. The summed E-state index contributed by atoms with van der Waals surface area (Å²) in [6.07, 6.45) is 4.32. The summed E-state index contributed by atoms with van der Waals surface area (Å²) in [5, 5.41) is 3.12. The topological polar surface area (TPSA) is 71.0 Å². The van der Waals surface area contributed by atoms with E-state index in [0.29, 0.717) is 6.54 Å². The second-order valence-electron chi connectivity index (χ2n) is 5.76. The van der Waals surface area contributed by atoms with E-state index < -0.39 is 9.84 Å². The molecule has 1 aliphatic rings. The minimum atomic E-state index is -2.97. The molecule has 1 heterocycles. The summed E-state index contributed by atoms with van der Waals surface area (Å²) in [5.74, 6) is 1.69. The van der Waals surface area contributed by atoms with E-state index in [4.69, 9.17) is 4.74 Å². The Morgan fingerprint density at radius 2 is 2.21 bits per heavy atom. The molecule has 0 spiro atoms. The molecule has 0 amide bonds. The third-order valence-electron chi connectivity index (χ3n) is 3.92. The smallest absolute Gasteiger partial charge is 0.193 e. The molecule has 0 saturated heterocycles. The largest absolute Gasteiger partial charge is 0.497 e. The van der Waals surface area contributed by atoms with Crippen molar-refractivity contribution in [2.45, 2.75) is 6.42 Å². The van der Waals surface area contributed by atoms with E-state index in [1.54, 1.807) is 14.2 Å². The van der Waals surface area contributed by atoms with E-state index >= 15 is 0 Å². The summed E-state index contributed by atoms with van der Waals surface area (Å²) in [7, 11) is 0.411. The molecule has 1 aromatic rings. The molecule has 0 saturated carbocycles. The monoisotopic (exact) mass is 351 g/mol. The van der Waals surface area contributed by atoms with Crippen LogP contribution >= 0.6 is 0 Å². The van der Waals surface area contributed by atoms with Gasteiger partial charge in [0.1, 0.15) is 15.6 Å². The van der Waals surface area contributed by atoms with E-state index in [9.17, 15) is 8.42 Å². The fourth-order valence-electron chi connectivity index (χ4n) is 2.63. The molecule has 132 valence electrons. The Morgan fingerprint density at radius 3 is 2.79 bits per heavy atom. The van der Waals surface area contributed by atoms with Crippen molar-refractivity contribution in [2.75, 3.05) is 45.8 Å². The molecule has 0 aromatic heterocycles. The molecule has 0 radical (unpaired) electrons. The van der Waals surface area contributed by atoms with Gasteiger partial charge in [0.15, 0.2) is 5.96 Å². The molecular weight excluding hydrogens is 326 g/mol. The molecule has 2 rings (SSSR count). The van der Waals surface area contributed by atoms with E-state index in [1.807, 2.05) is 18.2 Å². The average molecular weight is 351 g/mol. The van der Waals surface area contributed by atoms with Crippen molar-refractivity contribution in [1.29, 1.82) is 0 Å². The maximum atomic E-state index is 11.2. The molecule has 0 unspecified atom stereocenters. The van der Waals surface area contributed by atoms with Gasteiger partial charge in [0.25, 0.3) is 0 Å². The number of ether oxygens (including phenoxy) is 1. The number of rotatable bonds is 5. The lowest BCUT2D eigenvalue weighted by molar-refractivity contribution is 0.414. The summed E-state index contributed by atoms with van der Waals surface area (Å²) in [4.78, 5) is 6.36. The van der Waals surface area contributed by atoms with Crippen LogP contribution in [0.3, 0.4) is 0 Å². The predicted molar refractivity (Wildman–Crippen MR) is 98.2 cm³/mol. The second kappa shape index (κ2) is 8.19. The number of nitrogens with zero attached hydrogens (tertiary/aromatic N) is 2. The fraction of sp³-hybridized carbons (Fsp3) is 0.471. The van der Waals surface area contributed by atoms with Gasteiger partial charge in [-0.3, -0.25) is 4.99 Å². The van der Waals surface area contributed by atoms with Gasteiger partial charge in [-0.05, 0) is 29.7 Å². The van der Waals surface area contributed by atoms with Crippen LogP contribution in [0.5, 0.6) is 5.75 Å². The van der Waals surface area contributed by atoms with Crippen molar-refractivity contribution in [3.63, 3.8) is 0 Å². The van der Waals surface area contributed by atoms with E-state index in [0.717, 1.165) is 31.2 Å². The third-order valence-corrected chi connectivity index (χ3v) is 4.86. The Balaban J connectivity index is 1.97. The molecule has 6 nitrogen and oxygen atoms in total. The summed E-state index contributed by atoms with van der Waals surface area (Å²) in [6, 6.07) is 8.06. The number of guanidine groups is 1. The van der Waals surface area contributed by atoms with Gasteiger partial charge >= 0.3 is 0 Å². The average Bonchev–Trinajstić information content (AvgIpc) is 2.58. The summed E-state index contributed by atoms with van der Waals surface area (Å²) >= 11 is 0. The van der Waals surface area contributed by atoms with Gasteiger partial charge in [-0.25, -0.2) is 8.42 Å². The first-order valence-corrected chi connectivity index (χ1v) is 9.96. The molecule has 24 heavy (non-hydrogen) atoms. The van der Waals surface area contributed by atoms with Gasteiger partial charge in [-0.1, -0.05) is 18.2 Å². The van der Waals surface area contributed by atoms with Crippen LogP contribution in [0.15, 0.2) is 35.3 Å². The van der Waals surface area contributed by atoms with Crippen LogP contribution < -0.4 is 10.1 Å². The number of benzene rings is 1. The highest BCUT2D eigenvalue weighted by atomic mass is 32.2. The number of sulfone groups is 1. The maximum absolute atomic E-state index is 11.2. The van der Waals surface area contributed by atoms with Gasteiger partial charge in [-0.2, -0.15) is 0 Å². The highest BCUT2D eigenvalue weighted by Crippen LogP contribution is 2.25. The summed E-state index contributed by atoms with van der Waals surface area (Å²) in [5.41, 5.74) is 2.46. The summed E-state index contributed by atoms with van der Waals surface area (Å²) in [6.45, 7) is 1.95. The van der Waals surface area contributed by atoms with E-state index in [1.165, 1.54) is 17.4 Å². The quantitative estimate of drug-likeness (QED) is 0.641. The van der Waals surface area contributed by atoms with E-state index in [-0.39, 0.29) is 5.75 Å². The molecule has 7 heteroatoms. The normalized spacial score (nSPS) is 15.9. The SMILES string of the molecule is CN=C(NCCS(C)(=O)=O)N1CC=C(c2cccc(OC)c2)CC1. The van der Waals surface area contributed by atoms with Crippen LogP contribution in [0.2, 0.25) is 0 Å². The first-order chi connectivity index (χ1) is 11.4. The van der Waals surface area contributed by atoms with Gasteiger partial charge in [0.05, 0.1) is 12.9 Å². The Hall–Kier alpha value is -2.02. The van der Waals surface area contributed by atoms with Gasteiger partial charge in [-0.15, -0.1) is 0 Å². The predicted octanol–water partition coefficient (Wildman–Crippen LogP) is 1.40. The van der Waals surface area contributed by atoms with Crippen LogP contribution in [0.25, 0.3) is 5.57 Å². The lowest BCUT2D eigenvalue weighted by atomic mass is 9.99. The molecular formula is C17H25N3O3S. The van der Waals surface area contributed by atoms with Gasteiger partial charge < -0.3 is 15.0 Å². The molecule has 1 aliphatic heterocycles. The minimum Gasteiger partial charge on any atom is -0.497 e. The number of aliphatic imine (C=N–C) groups is 1. The summed E-state index contributed by atoms with van der Waals surface area (Å²) < 4.78 is 27.7. The maximum Gasteiger partial charge on any atom is 0.193 e. The van der Waals surface area contributed by atoms with Crippen molar-refractivity contribution in [3.05, 3.63) is 35.9 Å². The van der Waals surface area contributed by atoms with Crippen molar-refractivity contribution >= 4 is 21.4 Å². The Labute approximate surface area is 144 Å². The first-order valence-electron chi connectivity index (χ1n) is 7.89. The molecule has 0 aliphatic carbocycles. The number of nitrogens with one attached hydrogen (secondary N) is 1. The van der Waals surface area contributed by atoms with Crippen LogP contribution in [0.4, 0.5) is 0 Å². The Morgan fingerprint density at radius 1 is 1.42 bits per heavy atom. The van der Waals surface area contributed by atoms with E-state index in [2.05, 4.69) is 27.4 Å². The minimum absolute atomic E-state index is 0.102.